The summed E-state index contributed by atoms with van der Waals surface area (Å²) in [5.74, 6) is -0.956. The van der Waals surface area contributed by atoms with Gasteiger partial charge in [0.1, 0.15) is 0 Å². The highest BCUT2D eigenvalue weighted by Crippen LogP contribution is 2.24. The van der Waals surface area contributed by atoms with Crippen molar-refractivity contribution in [3.8, 4) is 0 Å². The van der Waals surface area contributed by atoms with Crippen molar-refractivity contribution in [1.82, 2.24) is 9.47 Å². The van der Waals surface area contributed by atoms with E-state index in [2.05, 4.69) is 11.8 Å². The van der Waals surface area contributed by atoms with Gasteiger partial charge in [0.05, 0.1) is 5.56 Å². The van der Waals surface area contributed by atoms with Crippen molar-refractivity contribution in [3.63, 3.8) is 0 Å². The molecular formula is C16H24N2O3. The number of carboxylic acids is 1. The summed E-state index contributed by atoms with van der Waals surface area (Å²) in [6.07, 6.45) is 2.95. The Labute approximate surface area is 125 Å². The lowest BCUT2D eigenvalue weighted by Crippen LogP contribution is -2.39. The van der Waals surface area contributed by atoms with Crippen LogP contribution in [0.5, 0.6) is 0 Å². The van der Waals surface area contributed by atoms with Gasteiger partial charge in [-0.25, -0.2) is 4.79 Å². The van der Waals surface area contributed by atoms with Gasteiger partial charge in [-0.3, -0.25) is 4.79 Å². The van der Waals surface area contributed by atoms with Crippen LogP contribution in [-0.4, -0.2) is 40.2 Å². The second kappa shape index (κ2) is 6.43. The topological polar surface area (TPSA) is 62.5 Å². The van der Waals surface area contributed by atoms with E-state index in [9.17, 15) is 14.7 Å². The summed E-state index contributed by atoms with van der Waals surface area (Å²) in [7, 11) is 0. The lowest BCUT2D eigenvalue weighted by atomic mass is 10.0. The van der Waals surface area contributed by atoms with Crippen LogP contribution in [0.3, 0.4) is 0 Å². The van der Waals surface area contributed by atoms with Gasteiger partial charge < -0.3 is 14.6 Å². The third kappa shape index (κ3) is 3.18. The van der Waals surface area contributed by atoms with Crippen LogP contribution in [0, 0.1) is 13.8 Å². The van der Waals surface area contributed by atoms with Crippen LogP contribution < -0.4 is 5.56 Å². The fraction of sp³-hybridized carbons (Fsp3) is 0.625. The lowest BCUT2D eigenvalue weighted by Gasteiger charge is -2.33. The van der Waals surface area contributed by atoms with Crippen molar-refractivity contribution in [1.29, 1.82) is 0 Å². The zero-order valence-corrected chi connectivity index (χ0v) is 13.1. The fourth-order valence-electron chi connectivity index (χ4n) is 3.39. The maximum absolute atomic E-state index is 12.3. The number of aromatic carboxylic acids is 1. The van der Waals surface area contributed by atoms with Gasteiger partial charge >= 0.3 is 5.97 Å². The standard InChI is InChI=1S/C16H24N2O3/c1-4-7-17-8-5-13(6-9-17)18-12(3)15(16(20)21)11(2)10-14(18)19/h10,13H,4-9H2,1-3H3,(H,20,21). The molecule has 2 heterocycles. The number of hydrogen-bond acceptors (Lipinski definition) is 3. The Morgan fingerprint density at radius 1 is 1.33 bits per heavy atom. The van der Waals surface area contributed by atoms with Crippen LogP contribution in [0.15, 0.2) is 10.9 Å². The predicted molar refractivity (Wildman–Crippen MR) is 82.1 cm³/mol. The number of carboxylic acid groups (broad SMARTS) is 1. The molecule has 1 N–H and O–H groups in total. The molecule has 5 heteroatoms. The van der Waals surface area contributed by atoms with Crippen molar-refractivity contribution in [2.24, 2.45) is 0 Å². The second-order valence-electron chi connectivity index (χ2n) is 5.87. The Kier molecular flexibility index (Phi) is 4.83. The van der Waals surface area contributed by atoms with E-state index in [0.717, 1.165) is 38.9 Å². The molecule has 1 aromatic heterocycles. The molecule has 21 heavy (non-hydrogen) atoms. The van der Waals surface area contributed by atoms with Crippen molar-refractivity contribution in [2.75, 3.05) is 19.6 Å². The maximum atomic E-state index is 12.3. The van der Waals surface area contributed by atoms with Gasteiger partial charge in [-0.15, -0.1) is 0 Å². The van der Waals surface area contributed by atoms with E-state index >= 15 is 0 Å². The minimum atomic E-state index is -0.956. The molecule has 2 rings (SSSR count). The van der Waals surface area contributed by atoms with Gasteiger partial charge in [0.2, 0.25) is 0 Å². The third-order valence-electron chi connectivity index (χ3n) is 4.37. The molecular weight excluding hydrogens is 268 g/mol. The molecule has 116 valence electrons. The van der Waals surface area contributed by atoms with E-state index in [4.69, 9.17) is 0 Å². The first kappa shape index (κ1) is 15.8. The van der Waals surface area contributed by atoms with E-state index in [-0.39, 0.29) is 17.2 Å². The normalized spacial score (nSPS) is 17.1. The molecule has 0 radical (unpaired) electrons. The highest BCUT2D eigenvalue weighted by molar-refractivity contribution is 5.90. The largest absolute Gasteiger partial charge is 0.478 e. The van der Waals surface area contributed by atoms with Gasteiger partial charge in [-0.05, 0) is 45.2 Å². The molecule has 5 nitrogen and oxygen atoms in total. The number of hydrogen-bond donors (Lipinski definition) is 1. The van der Waals surface area contributed by atoms with E-state index in [1.807, 2.05) is 0 Å². The van der Waals surface area contributed by atoms with Gasteiger partial charge in [0, 0.05) is 30.9 Å². The average molecular weight is 292 g/mol. The summed E-state index contributed by atoms with van der Waals surface area (Å²) in [5, 5.41) is 9.35. The Morgan fingerprint density at radius 2 is 1.95 bits per heavy atom. The minimum Gasteiger partial charge on any atom is -0.478 e. The first-order chi connectivity index (χ1) is 9.95. The number of rotatable bonds is 4. The SMILES string of the molecule is CCCN1CCC(n2c(C)c(C(=O)O)c(C)cc2=O)CC1. The van der Waals surface area contributed by atoms with Crippen LogP contribution in [0.25, 0.3) is 0 Å². The number of nitrogens with zero attached hydrogens (tertiary/aromatic N) is 2. The van der Waals surface area contributed by atoms with Crippen LogP contribution in [0.4, 0.5) is 0 Å². The predicted octanol–water partition coefficient (Wildman–Crippen LogP) is 2.21. The molecule has 1 fully saturated rings. The fourth-order valence-corrected chi connectivity index (χ4v) is 3.39. The number of aryl methyl sites for hydroxylation is 1. The third-order valence-corrected chi connectivity index (χ3v) is 4.37. The van der Waals surface area contributed by atoms with Crippen LogP contribution in [-0.2, 0) is 0 Å². The van der Waals surface area contributed by atoms with Crippen molar-refractivity contribution >= 4 is 5.97 Å². The quantitative estimate of drug-likeness (QED) is 0.924. The van der Waals surface area contributed by atoms with Gasteiger partial charge in [0.25, 0.3) is 5.56 Å². The molecule has 0 aromatic carbocycles. The summed E-state index contributed by atoms with van der Waals surface area (Å²) < 4.78 is 1.69. The van der Waals surface area contributed by atoms with Crippen molar-refractivity contribution in [3.05, 3.63) is 33.2 Å². The number of carbonyl (C=O) groups is 1. The number of likely N-dealkylation sites (tertiary alicyclic amines) is 1. The summed E-state index contributed by atoms with van der Waals surface area (Å²) in [6.45, 7) is 8.64. The first-order valence-corrected chi connectivity index (χ1v) is 7.64. The molecule has 1 saturated heterocycles. The minimum absolute atomic E-state index is 0.0797. The van der Waals surface area contributed by atoms with Gasteiger partial charge in [-0.1, -0.05) is 6.92 Å². The average Bonchev–Trinajstić information content (AvgIpc) is 2.40. The summed E-state index contributed by atoms with van der Waals surface area (Å²) in [4.78, 5) is 26.1. The van der Waals surface area contributed by atoms with E-state index in [1.54, 1.807) is 18.4 Å². The molecule has 0 spiro atoms. The summed E-state index contributed by atoms with van der Waals surface area (Å²) >= 11 is 0. The smallest absolute Gasteiger partial charge is 0.337 e. The maximum Gasteiger partial charge on any atom is 0.337 e. The number of aromatic nitrogens is 1. The molecule has 1 aliphatic rings. The van der Waals surface area contributed by atoms with Crippen LogP contribution >= 0.6 is 0 Å². The van der Waals surface area contributed by atoms with Gasteiger partial charge in [-0.2, -0.15) is 0 Å². The zero-order chi connectivity index (χ0) is 15.6. The molecule has 0 unspecified atom stereocenters. The highest BCUT2D eigenvalue weighted by atomic mass is 16.4. The van der Waals surface area contributed by atoms with E-state index < -0.39 is 5.97 Å². The lowest BCUT2D eigenvalue weighted by molar-refractivity contribution is 0.0693. The molecule has 1 aliphatic heterocycles. The van der Waals surface area contributed by atoms with Crippen LogP contribution in [0.1, 0.15) is 53.8 Å². The zero-order valence-electron chi connectivity index (χ0n) is 13.1. The monoisotopic (exact) mass is 292 g/mol. The first-order valence-electron chi connectivity index (χ1n) is 7.64. The number of pyridine rings is 1. The Hall–Kier alpha value is -1.62. The molecule has 0 amide bonds. The van der Waals surface area contributed by atoms with Crippen molar-refractivity contribution in [2.45, 2.75) is 46.1 Å². The second-order valence-corrected chi connectivity index (χ2v) is 5.87. The van der Waals surface area contributed by atoms with Crippen LogP contribution in [0.2, 0.25) is 0 Å². The summed E-state index contributed by atoms with van der Waals surface area (Å²) in [6, 6.07) is 1.57. The Morgan fingerprint density at radius 3 is 2.48 bits per heavy atom. The van der Waals surface area contributed by atoms with E-state index in [1.165, 1.54) is 6.07 Å². The molecule has 1 aromatic rings. The molecule has 0 aliphatic carbocycles. The Balaban J connectivity index is 2.31. The molecule has 0 saturated carbocycles. The van der Waals surface area contributed by atoms with E-state index in [0.29, 0.717) is 11.3 Å². The molecule has 0 bridgehead atoms. The van der Waals surface area contributed by atoms with Crippen molar-refractivity contribution < 1.29 is 9.90 Å². The Bertz CT molecular complexity index is 584. The highest BCUT2D eigenvalue weighted by Gasteiger charge is 2.24. The van der Waals surface area contributed by atoms with Gasteiger partial charge in [0.15, 0.2) is 0 Å². The summed E-state index contributed by atoms with van der Waals surface area (Å²) in [5.41, 5.74) is 1.32. The molecule has 0 atom stereocenters. The number of piperidine rings is 1.